The van der Waals surface area contributed by atoms with Crippen LogP contribution in [0.2, 0.25) is 0 Å². The first-order chi connectivity index (χ1) is 11.0. The summed E-state index contributed by atoms with van der Waals surface area (Å²) in [6.07, 6.45) is 1.92. The molecule has 23 heavy (non-hydrogen) atoms. The van der Waals surface area contributed by atoms with Crippen molar-refractivity contribution < 1.29 is 23.8 Å². The van der Waals surface area contributed by atoms with Gasteiger partial charge in [0, 0.05) is 24.2 Å². The number of amides is 1. The molecule has 0 N–H and O–H groups in total. The average molecular weight is 321 g/mol. The first-order valence-corrected chi connectivity index (χ1v) is 7.62. The summed E-state index contributed by atoms with van der Waals surface area (Å²) in [5, 5.41) is 0. The van der Waals surface area contributed by atoms with E-state index in [9.17, 15) is 9.59 Å². The zero-order valence-corrected chi connectivity index (χ0v) is 14.0. The van der Waals surface area contributed by atoms with Crippen molar-refractivity contribution in [2.45, 2.75) is 25.8 Å². The fraction of sp³-hybridized carbons (Fsp3) is 0.529. The van der Waals surface area contributed by atoms with Gasteiger partial charge in [-0.15, -0.1) is 0 Å². The molecule has 2 rings (SSSR count). The Hall–Kier alpha value is -2.24. The fourth-order valence-electron chi connectivity index (χ4n) is 2.45. The third kappa shape index (κ3) is 4.15. The number of rotatable bonds is 7. The molecule has 1 saturated carbocycles. The molecule has 1 fully saturated rings. The number of esters is 1. The molecule has 1 atom stereocenters. The van der Waals surface area contributed by atoms with E-state index in [1.54, 1.807) is 44.2 Å². The second-order valence-electron chi connectivity index (χ2n) is 5.71. The maximum atomic E-state index is 12.9. The maximum Gasteiger partial charge on any atom is 0.310 e. The Morgan fingerprint density at radius 3 is 2.13 bits per heavy atom. The van der Waals surface area contributed by atoms with Crippen LogP contribution in [0.4, 0.5) is 0 Å². The van der Waals surface area contributed by atoms with Crippen molar-refractivity contribution in [1.29, 1.82) is 0 Å². The summed E-state index contributed by atoms with van der Waals surface area (Å²) >= 11 is 0. The van der Waals surface area contributed by atoms with Crippen LogP contribution in [0, 0.1) is 5.92 Å². The van der Waals surface area contributed by atoms with E-state index < -0.39 is 0 Å². The SMILES string of the molecule is COC(=O)C(C)CN(C(=O)c1cc(OC)cc(OC)c1)C1CC1. The smallest absolute Gasteiger partial charge is 0.310 e. The lowest BCUT2D eigenvalue weighted by Gasteiger charge is -2.25. The summed E-state index contributed by atoms with van der Waals surface area (Å²) < 4.78 is 15.2. The molecule has 1 aliphatic rings. The highest BCUT2D eigenvalue weighted by Crippen LogP contribution is 2.31. The predicted molar refractivity (Wildman–Crippen MR) is 84.8 cm³/mol. The molecular formula is C17H23NO5. The standard InChI is InChI=1S/C17H23NO5/c1-11(17(20)23-4)10-18(13-5-6-13)16(19)12-7-14(21-2)9-15(8-12)22-3/h7-9,11,13H,5-6,10H2,1-4H3. The van der Waals surface area contributed by atoms with Gasteiger partial charge in [-0.1, -0.05) is 6.92 Å². The number of carbonyl (C=O) groups is 2. The van der Waals surface area contributed by atoms with Gasteiger partial charge in [-0.2, -0.15) is 0 Å². The van der Waals surface area contributed by atoms with Crippen LogP contribution < -0.4 is 9.47 Å². The van der Waals surface area contributed by atoms with Crippen LogP contribution in [0.15, 0.2) is 18.2 Å². The average Bonchev–Trinajstić information content (AvgIpc) is 3.42. The molecule has 0 bridgehead atoms. The Kier molecular flexibility index (Phi) is 5.47. The van der Waals surface area contributed by atoms with Gasteiger partial charge < -0.3 is 19.1 Å². The second-order valence-corrected chi connectivity index (χ2v) is 5.71. The molecule has 6 nitrogen and oxygen atoms in total. The van der Waals surface area contributed by atoms with Gasteiger partial charge in [-0.25, -0.2) is 0 Å². The highest BCUT2D eigenvalue weighted by Gasteiger charge is 2.35. The summed E-state index contributed by atoms with van der Waals surface area (Å²) in [5.74, 6) is 0.318. The molecule has 1 aromatic carbocycles. The van der Waals surface area contributed by atoms with Gasteiger partial charge in [0.05, 0.1) is 27.2 Å². The monoisotopic (exact) mass is 321 g/mol. The molecular weight excluding hydrogens is 298 g/mol. The molecule has 0 aromatic heterocycles. The molecule has 1 unspecified atom stereocenters. The van der Waals surface area contributed by atoms with Crippen LogP contribution in [0.3, 0.4) is 0 Å². The molecule has 1 aliphatic carbocycles. The minimum Gasteiger partial charge on any atom is -0.497 e. The second kappa shape index (κ2) is 7.35. The fourth-order valence-corrected chi connectivity index (χ4v) is 2.45. The number of methoxy groups -OCH3 is 3. The Labute approximate surface area is 136 Å². The van der Waals surface area contributed by atoms with Crippen LogP contribution in [0.5, 0.6) is 11.5 Å². The number of carbonyl (C=O) groups excluding carboxylic acids is 2. The van der Waals surface area contributed by atoms with Crippen molar-refractivity contribution in [1.82, 2.24) is 4.90 Å². The summed E-state index contributed by atoms with van der Waals surface area (Å²) in [4.78, 5) is 26.3. The normalized spacial score (nSPS) is 14.8. The first kappa shape index (κ1) is 17.1. The minimum absolute atomic E-state index is 0.125. The van der Waals surface area contributed by atoms with E-state index in [2.05, 4.69) is 0 Å². The number of nitrogens with zero attached hydrogens (tertiary/aromatic N) is 1. The van der Waals surface area contributed by atoms with Crippen molar-refractivity contribution >= 4 is 11.9 Å². The number of hydrogen-bond acceptors (Lipinski definition) is 5. The third-order valence-electron chi connectivity index (χ3n) is 3.92. The van der Waals surface area contributed by atoms with Gasteiger partial charge >= 0.3 is 5.97 Å². The van der Waals surface area contributed by atoms with Crippen LogP contribution in [-0.2, 0) is 9.53 Å². The Balaban J connectivity index is 2.22. The topological polar surface area (TPSA) is 65.1 Å². The summed E-state index contributed by atoms with van der Waals surface area (Å²) in [6, 6.07) is 5.27. The zero-order chi connectivity index (χ0) is 17.0. The highest BCUT2D eigenvalue weighted by atomic mass is 16.5. The summed E-state index contributed by atoms with van der Waals surface area (Å²) in [5.41, 5.74) is 0.491. The lowest BCUT2D eigenvalue weighted by atomic mass is 10.1. The van der Waals surface area contributed by atoms with Crippen molar-refractivity contribution in [2.75, 3.05) is 27.9 Å². The van der Waals surface area contributed by atoms with Crippen LogP contribution in [0.1, 0.15) is 30.1 Å². The van der Waals surface area contributed by atoms with E-state index in [0.717, 1.165) is 12.8 Å². The minimum atomic E-state index is -0.364. The van der Waals surface area contributed by atoms with Crippen molar-refractivity contribution in [3.8, 4) is 11.5 Å². The van der Waals surface area contributed by atoms with Gasteiger partial charge in [0.15, 0.2) is 0 Å². The Bertz CT molecular complexity index is 560. The van der Waals surface area contributed by atoms with Crippen molar-refractivity contribution in [3.05, 3.63) is 23.8 Å². The molecule has 126 valence electrons. The molecule has 1 aromatic rings. The van der Waals surface area contributed by atoms with E-state index in [0.29, 0.717) is 23.6 Å². The highest BCUT2D eigenvalue weighted by molar-refractivity contribution is 5.95. The van der Waals surface area contributed by atoms with Crippen LogP contribution >= 0.6 is 0 Å². The number of ether oxygens (including phenoxy) is 3. The van der Waals surface area contributed by atoms with Gasteiger partial charge in [-0.3, -0.25) is 9.59 Å². The van der Waals surface area contributed by atoms with E-state index in [1.807, 2.05) is 0 Å². The Morgan fingerprint density at radius 2 is 1.70 bits per heavy atom. The van der Waals surface area contributed by atoms with Gasteiger partial charge in [0.1, 0.15) is 11.5 Å². The maximum absolute atomic E-state index is 12.9. The number of benzene rings is 1. The molecule has 0 aliphatic heterocycles. The molecule has 1 amide bonds. The molecule has 0 radical (unpaired) electrons. The van der Waals surface area contributed by atoms with Gasteiger partial charge in [-0.05, 0) is 25.0 Å². The largest absolute Gasteiger partial charge is 0.497 e. The van der Waals surface area contributed by atoms with Gasteiger partial charge in [0.25, 0.3) is 5.91 Å². The van der Waals surface area contributed by atoms with E-state index in [-0.39, 0.29) is 23.8 Å². The lowest BCUT2D eigenvalue weighted by Crippen LogP contribution is -2.38. The predicted octanol–water partition coefficient (Wildman–Crippen LogP) is 2.12. The van der Waals surface area contributed by atoms with E-state index >= 15 is 0 Å². The summed E-state index contributed by atoms with van der Waals surface area (Å²) in [6.45, 7) is 2.11. The van der Waals surface area contributed by atoms with Crippen LogP contribution in [0.25, 0.3) is 0 Å². The van der Waals surface area contributed by atoms with Gasteiger partial charge in [0.2, 0.25) is 0 Å². The molecule has 6 heteroatoms. The van der Waals surface area contributed by atoms with E-state index in [1.165, 1.54) is 7.11 Å². The summed E-state index contributed by atoms with van der Waals surface area (Å²) in [7, 11) is 4.44. The molecule has 0 spiro atoms. The van der Waals surface area contributed by atoms with Crippen molar-refractivity contribution in [3.63, 3.8) is 0 Å². The first-order valence-electron chi connectivity index (χ1n) is 7.62. The third-order valence-corrected chi connectivity index (χ3v) is 3.92. The Morgan fingerprint density at radius 1 is 1.13 bits per heavy atom. The van der Waals surface area contributed by atoms with Crippen molar-refractivity contribution in [2.24, 2.45) is 5.92 Å². The lowest BCUT2D eigenvalue weighted by molar-refractivity contribution is -0.145. The number of hydrogen-bond donors (Lipinski definition) is 0. The molecule has 0 saturated heterocycles. The molecule has 0 heterocycles. The van der Waals surface area contributed by atoms with Crippen LogP contribution in [-0.4, -0.2) is 50.7 Å². The quantitative estimate of drug-likeness (QED) is 0.720. The zero-order valence-electron chi connectivity index (χ0n) is 14.0. The van der Waals surface area contributed by atoms with E-state index in [4.69, 9.17) is 14.2 Å².